The van der Waals surface area contributed by atoms with Gasteiger partial charge in [0.25, 0.3) is 0 Å². The standard InChI is InChI=1S/C15H22ClNO2/c1-2-17-10-11-6-5-7-12(16)15(11)19-14-9-4-3-8-13(14)18/h5-7,13-14,17-18H,2-4,8-10H2,1H3. The van der Waals surface area contributed by atoms with Crippen LogP contribution in [0, 0.1) is 0 Å². The highest BCUT2D eigenvalue weighted by atomic mass is 35.5. The first kappa shape index (κ1) is 14.6. The van der Waals surface area contributed by atoms with E-state index in [2.05, 4.69) is 12.2 Å². The van der Waals surface area contributed by atoms with Crippen molar-refractivity contribution >= 4 is 11.6 Å². The average Bonchev–Trinajstić information content (AvgIpc) is 2.41. The Morgan fingerprint density at radius 1 is 1.37 bits per heavy atom. The first-order chi connectivity index (χ1) is 9.22. The predicted molar refractivity (Wildman–Crippen MR) is 77.7 cm³/mol. The van der Waals surface area contributed by atoms with Crippen molar-refractivity contribution < 1.29 is 9.84 Å². The zero-order chi connectivity index (χ0) is 13.7. The van der Waals surface area contributed by atoms with E-state index in [1.807, 2.05) is 18.2 Å². The molecule has 106 valence electrons. The maximum Gasteiger partial charge on any atom is 0.142 e. The first-order valence-electron chi connectivity index (χ1n) is 7.05. The van der Waals surface area contributed by atoms with Crippen molar-refractivity contribution in [2.45, 2.75) is 51.4 Å². The molecule has 2 unspecified atom stereocenters. The van der Waals surface area contributed by atoms with E-state index >= 15 is 0 Å². The van der Waals surface area contributed by atoms with E-state index in [9.17, 15) is 5.11 Å². The van der Waals surface area contributed by atoms with Crippen molar-refractivity contribution in [3.8, 4) is 5.75 Å². The summed E-state index contributed by atoms with van der Waals surface area (Å²) in [4.78, 5) is 0. The van der Waals surface area contributed by atoms with Crippen LogP contribution in [0.1, 0.15) is 38.2 Å². The lowest BCUT2D eigenvalue weighted by atomic mass is 9.95. The SMILES string of the molecule is CCNCc1cccc(Cl)c1OC1CCCCC1O. The van der Waals surface area contributed by atoms with Gasteiger partial charge in [0.1, 0.15) is 11.9 Å². The normalized spacial score (nSPS) is 23.3. The van der Waals surface area contributed by atoms with E-state index in [0.29, 0.717) is 5.02 Å². The molecule has 2 atom stereocenters. The lowest BCUT2D eigenvalue weighted by Crippen LogP contribution is -2.35. The number of para-hydroxylation sites is 1. The van der Waals surface area contributed by atoms with Crippen LogP contribution in [0.2, 0.25) is 5.02 Å². The van der Waals surface area contributed by atoms with Gasteiger partial charge in [0.05, 0.1) is 11.1 Å². The molecule has 19 heavy (non-hydrogen) atoms. The number of hydrogen-bond acceptors (Lipinski definition) is 3. The van der Waals surface area contributed by atoms with Crippen molar-refractivity contribution in [2.75, 3.05) is 6.54 Å². The molecule has 1 aliphatic carbocycles. The lowest BCUT2D eigenvalue weighted by Gasteiger charge is -2.29. The van der Waals surface area contributed by atoms with Crippen LogP contribution in [0.15, 0.2) is 18.2 Å². The molecule has 0 aromatic heterocycles. The molecular weight excluding hydrogens is 262 g/mol. The van der Waals surface area contributed by atoms with Crippen LogP contribution in [0.3, 0.4) is 0 Å². The summed E-state index contributed by atoms with van der Waals surface area (Å²) < 4.78 is 6.00. The van der Waals surface area contributed by atoms with Gasteiger partial charge in [0, 0.05) is 12.1 Å². The van der Waals surface area contributed by atoms with E-state index in [0.717, 1.165) is 50.1 Å². The molecule has 0 bridgehead atoms. The molecule has 1 fully saturated rings. The number of aliphatic hydroxyl groups is 1. The van der Waals surface area contributed by atoms with Crippen molar-refractivity contribution in [1.82, 2.24) is 5.32 Å². The second-order valence-corrected chi connectivity index (χ2v) is 5.42. The lowest BCUT2D eigenvalue weighted by molar-refractivity contribution is 0.00642. The molecular formula is C15H22ClNO2. The van der Waals surface area contributed by atoms with Gasteiger partial charge in [-0.2, -0.15) is 0 Å². The topological polar surface area (TPSA) is 41.5 Å². The molecule has 1 aromatic rings. The number of hydrogen-bond donors (Lipinski definition) is 2. The largest absolute Gasteiger partial charge is 0.486 e. The first-order valence-corrected chi connectivity index (χ1v) is 7.43. The van der Waals surface area contributed by atoms with Crippen LogP contribution < -0.4 is 10.1 Å². The summed E-state index contributed by atoms with van der Waals surface area (Å²) >= 11 is 6.24. The smallest absolute Gasteiger partial charge is 0.142 e. The fraction of sp³-hybridized carbons (Fsp3) is 0.600. The molecule has 1 aromatic carbocycles. The maximum atomic E-state index is 10.0. The van der Waals surface area contributed by atoms with E-state index in [1.54, 1.807) is 0 Å². The molecule has 0 radical (unpaired) electrons. The number of nitrogens with one attached hydrogen (secondary N) is 1. The van der Waals surface area contributed by atoms with Crippen LogP contribution in [0.5, 0.6) is 5.75 Å². The monoisotopic (exact) mass is 283 g/mol. The quantitative estimate of drug-likeness (QED) is 0.872. The Bertz CT molecular complexity index is 411. The summed E-state index contributed by atoms with van der Waals surface area (Å²) in [7, 11) is 0. The zero-order valence-corrected chi connectivity index (χ0v) is 12.1. The fourth-order valence-electron chi connectivity index (χ4n) is 2.45. The summed E-state index contributed by atoms with van der Waals surface area (Å²) in [5.74, 6) is 0.719. The number of rotatable bonds is 5. The van der Waals surface area contributed by atoms with Gasteiger partial charge in [-0.3, -0.25) is 0 Å². The molecule has 0 spiro atoms. The van der Waals surface area contributed by atoms with Crippen LogP contribution in [0.4, 0.5) is 0 Å². The van der Waals surface area contributed by atoms with Gasteiger partial charge >= 0.3 is 0 Å². The zero-order valence-electron chi connectivity index (χ0n) is 11.4. The number of benzene rings is 1. The number of halogens is 1. The van der Waals surface area contributed by atoms with Gasteiger partial charge in [-0.15, -0.1) is 0 Å². The van der Waals surface area contributed by atoms with Crippen molar-refractivity contribution in [1.29, 1.82) is 0 Å². The minimum Gasteiger partial charge on any atom is -0.486 e. The maximum absolute atomic E-state index is 10.0. The molecule has 0 heterocycles. The second-order valence-electron chi connectivity index (χ2n) is 5.02. The van der Waals surface area contributed by atoms with Crippen molar-refractivity contribution in [3.63, 3.8) is 0 Å². The van der Waals surface area contributed by atoms with E-state index in [1.165, 1.54) is 0 Å². The minimum absolute atomic E-state index is 0.131. The molecule has 2 rings (SSSR count). The highest BCUT2D eigenvalue weighted by Crippen LogP contribution is 2.32. The van der Waals surface area contributed by atoms with Gasteiger partial charge in [-0.25, -0.2) is 0 Å². The fourth-order valence-corrected chi connectivity index (χ4v) is 2.69. The summed E-state index contributed by atoms with van der Waals surface area (Å²) in [6.45, 7) is 3.70. The molecule has 0 saturated heterocycles. The molecule has 0 amide bonds. The Morgan fingerprint density at radius 3 is 2.89 bits per heavy atom. The van der Waals surface area contributed by atoms with Gasteiger partial charge in [0.2, 0.25) is 0 Å². The Morgan fingerprint density at radius 2 is 2.16 bits per heavy atom. The van der Waals surface area contributed by atoms with E-state index in [-0.39, 0.29) is 12.2 Å². The molecule has 1 aliphatic rings. The van der Waals surface area contributed by atoms with Gasteiger partial charge in [-0.05, 0) is 31.9 Å². The highest BCUT2D eigenvalue weighted by Gasteiger charge is 2.26. The molecule has 1 saturated carbocycles. The van der Waals surface area contributed by atoms with Crippen LogP contribution in [-0.2, 0) is 6.54 Å². The molecule has 0 aliphatic heterocycles. The molecule has 4 heteroatoms. The number of aliphatic hydroxyl groups excluding tert-OH is 1. The van der Waals surface area contributed by atoms with Gasteiger partial charge in [0.15, 0.2) is 0 Å². The molecule has 3 nitrogen and oxygen atoms in total. The summed E-state index contributed by atoms with van der Waals surface area (Å²) in [6.07, 6.45) is 3.39. The van der Waals surface area contributed by atoms with E-state index < -0.39 is 0 Å². The number of ether oxygens (including phenoxy) is 1. The Kier molecular flexibility index (Phi) is 5.49. The van der Waals surface area contributed by atoms with Crippen LogP contribution in [0.25, 0.3) is 0 Å². The predicted octanol–water partition coefficient (Wildman–Crippen LogP) is 3.13. The Balaban J connectivity index is 2.13. The Hall–Kier alpha value is -0.770. The van der Waals surface area contributed by atoms with Crippen LogP contribution in [-0.4, -0.2) is 23.9 Å². The summed E-state index contributed by atoms with van der Waals surface area (Å²) in [5.41, 5.74) is 1.05. The second kappa shape index (κ2) is 7.13. The van der Waals surface area contributed by atoms with Gasteiger partial charge < -0.3 is 15.2 Å². The summed E-state index contributed by atoms with van der Waals surface area (Å²) in [6, 6.07) is 5.78. The third-order valence-corrected chi connectivity index (χ3v) is 3.85. The van der Waals surface area contributed by atoms with E-state index in [4.69, 9.17) is 16.3 Å². The average molecular weight is 284 g/mol. The molecule has 2 N–H and O–H groups in total. The van der Waals surface area contributed by atoms with Crippen LogP contribution >= 0.6 is 11.6 Å². The highest BCUT2D eigenvalue weighted by molar-refractivity contribution is 6.32. The van der Waals surface area contributed by atoms with Crippen molar-refractivity contribution in [3.05, 3.63) is 28.8 Å². The van der Waals surface area contributed by atoms with Gasteiger partial charge in [-0.1, -0.05) is 37.1 Å². The minimum atomic E-state index is -0.378. The van der Waals surface area contributed by atoms with Crippen molar-refractivity contribution in [2.24, 2.45) is 0 Å². The third-order valence-electron chi connectivity index (χ3n) is 3.55. The third kappa shape index (κ3) is 3.85. The summed E-state index contributed by atoms with van der Waals surface area (Å²) in [5, 5.41) is 13.9. The Labute approximate surface area is 119 Å².